The number of amides is 2. The van der Waals surface area contributed by atoms with Gasteiger partial charge >= 0.3 is 6.03 Å². The maximum Gasteiger partial charge on any atom is 0.321 e. The largest absolute Gasteiger partial charge is 0.393 e. The van der Waals surface area contributed by atoms with Crippen molar-refractivity contribution in [2.45, 2.75) is 25.9 Å². The Morgan fingerprint density at radius 2 is 2.04 bits per heavy atom. The van der Waals surface area contributed by atoms with Gasteiger partial charge in [0.15, 0.2) is 0 Å². The van der Waals surface area contributed by atoms with Crippen LogP contribution in [0.3, 0.4) is 0 Å². The molecule has 0 aliphatic carbocycles. The second kappa shape index (κ2) is 7.10. The minimum Gasteiger partial charge on any atom is -0.393 e. The molecule has 0 unspecified atom stereocenters. The fraction of sp³-hybridized carbons (Fsp3) is 0.412. The van der Waals surface area contributed by atoms with Gasteiger partial charge in [0, 0.05) is 35.9 Å². The van der Waals surface area contributed by atoms with Gasteiger partial charge in [0.05, 0.1) is 6.10 Å². The summed E-state index contributed by atoms with van der Waals surface area (Å²) in [5.74, 6) is 0.302. The first-order valence-corrected chi connectivity index (χ1v) is 8.75. The topological polar surface area (TPSA) is 65.5 Å². The van der Waals surface area contributed by atoms with Gasteiger partial charge in [-0.25, -0.2) is 9.78 Å². The number of hydrogen-bond donors (Lipinski definition) is 2. The molecule has 1 aliphatic rings. The Morgan fingerprint density at radius 1 is 1.35 bits per heavy atom. The number of aromatic nitrogens is 1. The highest BCUT2D eigenvalue weighted by molar-refractivity contribution is 7.13. The zero-order chi connectivity index (χ0) is 16.2. The fourth-order valence-electron chi connectivity index (χ4n) is 2.85. The number of aliphatic hydroxyl groups is 1. The molecule has 1 aromatic carbocycles. The van der Waals surface area contributed by atoms with Crippen LogP contribution in [-0.4, -0.2) is 40.2 Å². The number of aliphatic hydroxyl groups excluding tert-OH is 1. The normalized spacial score (nSPS) is 17.0. The van der Waals surface area contributed by atoms with E-state index in [2.05, 4.69) is 10.3 Å². The van der Waals surface area contributed by atoms with Crippen LogP contribution < -0.4 is 5.32 Å². The van der Waals surface area contributed by atoms with Gasteiger partial charge in [-0.15, -0.1) is 11.3 Å². The average Bonchev–Trinajstić information content (AvgIpc) is 3.10. The van der Waals surface area contributed by atoms with Gasteiger partial charge in [0.1, 0.15) is 5.01 Å². The van der Waals surface area contributed by atoms with E-state index in [1.165, 1.54) is 0 Å². The predicted octanol–water partition coefficient (Wildman–Crippen LogP) is 3.43. The van der Waals surface area contributed by atoms with Crippen molar-refractivity contribution in [2.75, 3.05) is 18.4 Å². The van der Waals surface area contributed by atoms with E-state index in [0.29, 0.717) is 19.0 Å². The van der Waals surface area contributed by atoms with Crippen molar-refractivity contribution in [1.82, 2.24) is 9.88 Å². The summed E-state index contributed by atoms with van der Waals surface area (Å²) in [5.41, 5.74) is 1.84. The molecule has 3 rings (SSSR count). The zero-order valence-corrected chi connectivity index (χ0v) is 13.9. The van der Waals surface area contributed by atoms with E-state index in [9.17, 15) is 9.90 Å². The molecule has 0 saturated carbocycles. The van der Waals surface area contributed by atoms with Gasteiger partial charge < -0.3 is 15.3 Å². The first-order chi connectivity index (χ1) is 11.1. The Hall–Kier alpha value is -1.92. The number of benzene rings is 1. The first-order valence-electron chi connectivity index (χ1n) is 7.87. The molecule has 6 heteroatoms. The van der Waals surface area contributed by atoms with E-state index < -0.39 is 0 Å². The van der Waals surface area contributed by atoms with Gasteiger partial charge in [-0.2, -0.15) is 0 Å². The van der Waals surface area contributed by atoms with Crippen molar-refractivity contribution in [2.24, 2.45) is 5.92 Å². The van der Waals surface area contributed by atoms with Crippen molar-refractivity contribution in [3.63, 3.8) is 0 Å². The van der Waals surface area contributed by atoms with Crippen LogP contribution in [0.4, 0.5) is 10.5 Å². The third-order valence-corrected chi connectivity index (χ3v) is 5.15. The highest BCUT2D eigenvalue weighted by Gasteiger charge is 2.25. The van der Waals surface area contributed by atoms with Crippen molar-refractivity contribution in [3.8, 4) is 10.6 Å². The maximum absolute atomic E-state index is 12.3. The fourth-order valence-corrected chi connectivity index (χ4v) is 3.49. The van der Waals surface area contributed by atoms with Gasteiger partial charge in [0.2, 0.25) is 0 Å². The lowest BCUT2D eigenvalue weighted by molar-refractivity contribution is 0.0820. The quantitative estimate of drug-likeness (QED) is 0.905. The number of piperidine rings is 1. The Kier molecular flexibility index (Phi) is 4.93. The van der Waals surface area contributed by atoms with E-state index in [-0.39, 0.29) is 12.1 Å². The van der Waals surface area contributed by atoms with Gasteiger partial charge in [-0.1, -0.05) is 0 Å². The summed E-state index contributed by atoms with van der Waals surface area (Å²) in [6.45, 7) is 3.21. The Morgan fingerprint density at radius 3 is 2.61 bits per heavy atom. The second-order valence-electron chi connectivity index (χ2n) is 5.91. The number of rotatable bonds is 3. The SMILES string of the molecule is C[C@@H](O)C1CCN(C(=O)Nc2ccc(-c3nccs3)cc2)CC1. The van der Waals surface area contributed by atoms with E-state index >= 15 is 0 Å². The van der Waals surface area contributed by atoms with Crippen molar-refractivity contribution in [3.05, 3.63) is 35.8 Å². The lowest BCUT2D eigenvalue weighted by Gasteiger charge is -2.33. The van der Waals surface area contributed by atoms with Crippen molar-refractivity contribution < 1.29 is 9.90 Å². The molecule has 5 nitrogen and oxygen atoms in total. The number of urea groups is 1. The van der Waals surface area contributed by atoms with Crippen LogP contribution >= 0.6 is 11.3 Å². The lowest BCUT2D eigenvalue weighted by Crippen LogP contribution is -2.42. The summed E-state index contributed by atoms with van der Waals surface area (Å²) >= 11 is 1.59. The summed E-state index contributed by atoms with van der Waals surface area (Å²) in [6.07, 6.45) is 3.20. The molecular formula is C17H21N3O2S. The van der Waals surface area contributed by atoms with Crippen LogP contribution in [0.1, 0.15) is 19.8 Å². The van der Waals surface area contributed by atoms with Crippen molar-refractivity contribution in [1.29, 1.82) is 0 Å². The van der Waals surface area contributed by atoms with Crippen LogP contribution in [0.5, 0.6) is 0 Å². The molecular weight excluding hydrogens is 310 g/mol. The zero-order valence-electron chi connectivity index (χ0n) is 13.1. The molecule has 122 valence electrons. The van der Waals surface area contributed by atoms with E-state index in [4.69, 9.17) is 0 Å². The number of likely N-dealkylation sites (tertiary alicyclic amines) is 1. The molecule has 23 heavy (non-hydrogen) atoms. The first kappa shape index (κ1) is 16.0. The Balaban J connectivity index is 1.56. The molecule has 2 aromatic rings. The third-order valence-electron chi connectivity index (χ3n) is 4.32. The Bertz CT molecular complexity index is 632. The highest BCUT2D eigenvalue weighted by Crippen LogP contribution is 2.24. The summed E-state index contributed by atoms with van der Waals surface area (Å²) < 4.78 is 0. The number of thiazole rings is 1. The van der Waals surface area contributed by atoms with Crippen LogP contribution in [0.15, 0.2) is 35.8 Å². The van der Waals surface area contributed by atoms with E-state index in [1.54, 1.807) is 17.5 Å². The summed E-state index contributed by atoms with van der Waals surface area (Å²) in [6, 6.07) is 7.66. The van der Waals surface area contributed by atoms with Crippen molar-refractivity contribution >= 4 is 23.1 Å². The van der Waals surface area contributed by atoms with Gasteiger partial charge in [-0.05, 0) is 49.9 Å². The number of carbonyl (C=O) groups is 1. The lowest BCUT2D eigenvalue weighted by atomic mass is 9.92. The van der Waals surface area contributed by atoms with Gasteiger partial charge in [-0.3, -0.25) is 0 Å². The molecule has 0 bridgehead atoms. The summed E-state index contributed by atoms with van der Waals surface area (Å²) in [7, 11) is 0. The molecule has 1 aromatic heterocycles. The highest BCUT2D eigenvalue weighted by atomic mass is 32.1. The second-order valence-corrected chi connectivity index (χ2v) is 6.80. The summed E-state index contributed by atoms with van der Waals surface area (Å²) in [5, 5.41) is 15.5. The molecule has 1 fully saturated rings. The molecule has 2 amide bonds. The maximum atomic E-state index is 12.3. The monoisotopic (exact) mass is 331 g/mol. The molecule has 1 saturated heterocycles. The third kappa shape index (κ3) is 3.89. The molecule has 0 radical (unpaired) electrons. The number of hydrogen-bond acceptors (Lipinski definition) is 4. The molecule has 2 N–H and O–H groups in total. The van der Waals surface area contributed by atoms with Crippen LogP contribution in [0.25, 0.3) is 10.6 Å². The number of nitrogens with one attached hydrogen (secondary N) is 1. The van der Waals surface area contributed by atoms with Crippen LogP contribution in [-0.2, 0) is 0 Å². The molecule has 1 aliphatic heterocycles. The van der Waals surface area contributed by atoms with E-state index in [0.717, 1.165) is 29.1 Å². The van der Waals surface area contributed by atoms with Gasteiger partial charge in [0.25, 0.3) is 0 Å². The molecule has 2 heterocycles. The number of carbonyl (C=O) groups excluding carboxylic acids is 1. The van der Waals surface area contributed by atoms with E-state index in [1.807, 2.05) is 41.5 Å². The standard InChI is InChI=1S/C17H21N3O2S/c1-12(21)13-6-9-20(10-7-13)17(22)19-15-4-2-14(3-5-15)16-18-8-11-23-16/h2-5,8,11-13,21H,6-7,9-10H2,1H3,(H,19,22)/t12-/m1/s1. The molecule has 0 spiro atoms. The van der Waals surface area contributed by atoms with Crippen LogP contribution in [0, 0.1) is 5.92 Å². The summed E-state index contributed by atoms with van der Waals surface area (Å²) in [4.78, 5) is 18.4. The molecule has 1 atom stereocenters. The Labute approximate surface area is 140 Å². The smallest absolute Gasteiger partial charge is 0.321 e. The number of anilines is 1. The number of nitrogens with zero attached hydrogens (tertiary/aromatic N) is 2. The minimum absolute atomic E-state index is 0.0731. The van der Waals surface area contributed by atoms with Crippen LogP contribution in [0.2, 0.25) is 0 Å². The predicted molar refractivity (Wildman–Crippen MR) is 92.5 cm³/mol. The minimum atomic E-state index is -0.293. The average molecular weight is 331 g/mol.